The number of aliphatic carboxylic acids is 1. The monoisotopic (exact) mass is 830 g/mol. The van der Waals surface area contributed by atoms with Crippen LogP contribution in [0.25, 0.3) is 0 Å². The van der Waals surface area contributed by atoms with Crippen LogP contribution in [0.15, 0.2) is 48.6 Å². The standard InChI is InChI=1S/C51H91NO7/c1-6-8-10-12-14-16-18-20-22-24-25-26-28-30-32-34-36-38-40-42-50(54)59-47(45-57-44-43-48(51(55)56)52(3,4)5)46-58-49(53)41-39-37-35-33-31-29-27-23-21-19-17-15-13-11-9-7-2/h8,10,14,16,20,22-23,27,47-48H,6-7,9,11-13,15,17-19,21,24-26,28-46H2,1-5H3/b10-8+,16-14+,22-20+,27-23+. The number of carbonyl (C=O) groups is 3. The van der Waals surface area contributed by atoms with Gasteiger partial charge in [0.2, 0.25) is 0 Å². The van der Waals surface area contributed by atoms with Gasteiger partial charge in [-0.3, -0.25) is 9.59 Å². The number of carboxylic acid groups (broad SMARTS) is 1. The largest absolute Gasteiger partial charge is 0.544 e. The first kappa shape index (κ1) is 56.3. The van der Waals surface area contributed by atoms with Gasteiger partial charge in [0.25, 0.3) is 0 Å². The molecule has 0 heterocycles. The van der Waals surface area contributed by atoms with E-state index in [2.05, 4.69) is 62.5 Å². The van der Waals surface area contributed by atoms with Crippen LogP contribution in [0.2, 0.25) is 0 Å². The molecule has 0 saturated carbocycles. The van der Waals surface area contributed by atoms with Gasteiger partial charge in [0.15, 0.2) is 6.10 Å². The average molecular weight is 830 g/mol. The quantitative estimate of drug-likeness (QED) is 0.0261. The zero-order chi connectivity index (χ0) is 43.5. The number of hydrogen-bond acceptors (Lipinski definition) is 7. The third-order valence-corrected chi connectivity index (χ3v) is 10.7. The van der Waals surface area contributed by atoms with Crippen LogP contribution in [-0.2, 0) is 28.6 Å². The van der Waals surface area contributed by atoms with Crippen LogP contribution in [0.1, 0.15) is 206 Å². The lowest BCUT2D eigenvalue weighted by atomic mass is 10.1. The van der Waals surface area contributed by atoms with Crippen molar-refractivity contribution in [1.82, 2.24) is 0 Å². The highest BCUT2D eigenvalue weighted by molar-refractivity contribution is 5.70. The van der Waals surface area contributed by atoms with Crippen LogP contribution in [0, 0.1) is 0 Å². The summed E-state index contributed by atoms with van der Waals surface area (Å²) >= 11 is 0. The highest BCUT2D eigenvalue weighted by atomic mass is 16.6. The molecule has 2 unspecified atom stereocenters. The van der Waals surface area contributed by atoms with E-state index in [1.165, 1.54) is 96.3 Å². The van der Waals surface area contributed by atoms with E-state index in [1.54, 1.807) is 21.1 Å². The number of unbranched alkanes of at least 4 members (excludes halogenated alkanes) is 21. The Morgan fingerprint density at radius 3 is 1.42 bits per heavy atom. The molecular weight excluding hydrogens is 739 g/mol. The Hall–Kier alpha value is -2.71. The molecule has 0 N–H and O–H groups in total. The molecule has 0 fully saturated rings. The van der Waals surface area contributed by atoms with Crippen LogP contribution < -0.4 is 5.11 Å². The molecule has 0 aromatic carbocycles. The van der Waals surface area contributed by atoms with Gasteiger partial charge in [-0.1, -0.05) is 165 Å². The number of hydrogen-bond donors (Lipinski definition) is 0. The fourth-order valence-electron chi connectivity index (χ4n) is 6.96. The Morgan fingerprint density at radius 2 is 0.949 bits per heavy atom. The van der Waals surface area contributed by atoms with E-state index < -0.39 is 18.1 Å². The summed E-state index contributed by atoms with van der Waals surface area (Å²) in [7, 11) is 5.41. The second-order valence-electron chi connectivity index (χ2n) is 17.3. The SMILES string of the molecule is CC/C=C/C/C=C/C/C=C/CCCCCCCCCCCC(=O)OC(COCCC(C(=O)[O-])[N+](C)(C)C)COC(=O)CCCCCCC/C=C/CCCCCCCCC. The molecule has 0 aromatic rings. The summed E-state index contributed by atoms with van der Waals surface area (Å²) in [6, 6.07) is -0.728. The Labute approximate surface area is 363 Å². The summed E-state index contributed by atoms with van der Waals surface area (Å²) in [4.78, 5) is 37.0. The lowest BCUT2D eigenvalue weighted by molar-refractivity contribution is -0.889. The molecule has 0 aromatic heterocycles. The second-order valence-corrected chi connectivity index (χ2v) is 17.3. The molecule has 342 valence electrons. The number of allylic oxidation sites excluding steroid dienone is 8. The molecule has 0 aliphatic rings. The normalized spacial score (nSPS) is 13.3. The fourth-order valence-corrected chi connectivity index (χ4v) is 6.96. The van der Waals surface area contributed by atoms with Gasteiger partial charge in [-0.05, 0) is 70.6 Å². The van der Waals surface area contributed by atoms with Crippen molar-refractivity contribution < 1.29 is 38.2 Å². The van der Waals surface area contributed by atoms with Crippen molar-refractivity contribution >= 4 is 17.9 Å². The smallest absolute Gasteiger partial charge is 0.306 e. The number of likely N-dealkylation sites (N-methyl/N-ethyl adjacent to an activating group) is 1. The molecule has 8 heteroatoms. The summed E-state index contributed by atoms with van der Waals surface area (Å²) in [5, 5.41) is 11.6. The Bertz CT molecular complexity index is 1110. The zero-order valence-corrected chi connectivity index (χ0v) is 38.9. The third-order valence-electron chi connectivity index (χ3n) is 10.7. The van der Waals surface area contributed by atoms with Crippen molar-refractivity contribution in [2.45, 2.75) is 219 Å². The van der Waals surface area contributed by atoms with Gasteiger partial charge in [0.1, 0.15) is 12.6 Å². The predicted molar refractivity (Wildman–Crippen MR) is 245 cm³/mol. The van der Waals surface area contributed by atoms with Crippen molar-refractivity contribution in [3.05, 3.63) is 48.6 Å². The topological polar surface area (TPSA) is 102 Å². The maximum absolute atomic E-state index is 12.8. The van der Waals surface area contributed by atoms with E-state index in [1.807, 2.05) is 0 Å². The van der Waals surface area contributed by atoms with Gasteiger partial charge in [-0.25, -0.2) is 0 Å². The minimum Gasteiger partial charge on any atom is -0.544 e. The summed E-state index contributed by atoms with van der Waals surface area (Å²) in [6.45, 7) is 4.55. The van der Waals surface area contributed by atoms with Gasteiger partial charge in [-0.2, -0.15) is 0 Å². The molecule has 0 rings (SSSR count). The first-order chi connectivity index (χ1) is 28.6. The lowest BCUT2D eigenvalue weighted by Gasteiger charge is -2.34. The predicted octanol–water partition coefficient (Wildman–Crippen LogP) is 12.3. The lowest BCUT2D eigenvalue weighted by Crippen LogP contribution is -2.55. The first-order valence-corrected chi connectivity index (χ1v) is 24.2. The molecule has 0 amide bonds. The first-order valence-electron chi connectivity index (χ1n) is 24.2. The molecule has 0 saturated heterocycles. The number of ether oxygens (including phenoxy) is 3. The number of quaternary nitrogens is 1. The van der Waals surface area contributed by atoms with Crippen molar-refractivity contribution in [2.24, 2.45) is 0 Å². The van der Waals surface area contributed by atoms with Gasteiger partial charge in [0.05, 0.1) is 40.3 Å². The van der Waals surface area contributed by atoms with Gasteiger partial charge in [-0.15, -0.1) is 0 Å². The Kier molecular flexibility index (Phi) is 40.1. The van der Waals surface area contributed by atoms with E-state index in [4.69, 9.17) is 14.2 Å². The fraction of sp³-hybridized carbons (Fsp3) is 0.784. The summed E-state index contributed by atoms with van der Waals surface area (Å²) in [6.07, 6.45) is 49.9. The zero-order valence-electron chi connectivity index (χ0n) is 38.9. The van der Waals surface area contributed by atoms with Crippen molar-refractivity contribution in [3.8, 4) is 0 Å². The highest BCUT2D eigenvalue weighted by Gasteiger charge is 2.25. The minimum atomic E-state index is -1.13. The molecule has 8 nitrogen and oxygen atoms in total. The molecule has 0 aliphatic carbocycles. The van der Waals surface area contributed by atoms with E-state index >= 15 is 0 Å². The van der Waals surface area contributed by atoms with Gasteiger partial charge >= 0.3 is 11.9 Å². The van der Waals surface area contributed by atoms with Crippen molar-refractivity contribution in [2.75, 3.05) is 41.0 Å². The molecule has 0 bridgehead atoms. The van der Waals surface area contributed by atoms with E-state index in [0.29, 0.717) is 12.8 Å². The van der Waals surface area contributed by atoms with E-state index in [-0.39, 0.29) is 42.7 Å². The Morgan fingerprint density at radius 1 is 0.525 bits per heavy atom. The molecule has 59 heavy (non-hydrogen) atoms. The average Bonchev–Trinajstić information content (AvgIpc) is 3.19. The molecule has 2 atom stereocenters. The van der Waals surface area contributed by atoms with Crippen LogP contribution >= 0.6 is 0 Å². The molecular formula is C51H91NO7. The second kappa shape index (κ2) is 42.0. The van der Waals surface area contributed by atoms with Crippen LogP contribution in [0.5, 0.6) is 0 Å². The number of carboxylic acids is 1. The third kappa shape index (κ3) is 40.5. The number of nitrogens with zero attached hydrogens (tertiary/aromatic N) is 1. The number of rotatable bonds is 43. The van der Waals surface area contributed by atoms with Crippen LogP contribution in [0.4, 0.5) is 0 Å². The van der Waals surface area contributed by atoms with Crippen LogP contribution in [-0.4, -0.2) is 75.5 Å². The minimum absolute atomic E-state index is 0.0360. The maximum atomic E-state index is 12.8. The molecule has 0 aliphatic heterocycles. The van der Waals surface area contributed by atoms with Crippen molar-refractivity contribution in [1.29, 1.82) is 0 Å². The highest BCUT2D eigenvalue weighted by Crippen LogP contribution is 2.14. The molecule has 0 radical (unpaired) electrons. The van der Waals surface area contributed by atoms with Gasteiger partial charge < -0.3 is 28.6 Å². The molecule has 0 spiro atoms. The number of esters is 2. The summed E-state index contributed by atoms with van der Waals surface area (Å²) in [5.41, 5.74) is 0. The van der Waals surface area contributed by atoms with Gasteiger partial charge in [0, 0.05) is 19.3 Å². The Balaban J connectivity index is 4.30. The summed E-state index contributed by atoms with van der Waals surface area (Å²) in [5.74, 6) is -1.75. The summed E-state index contributed by atoms with van der Waals surface area (Å²) < 4.78 is 17.2. The maximum Gasteiger partial charge on any atom is 0.306 e. The number of carbonyl (C=O) groups excluding carboxylic acids is 3. The van der Waals surface area contributed by atoms with Crippen LogP contribution in [0.3, 0.4) is 0 Å². The van der Waals surface area contributed by atoms with Crippen molar-refractivity contribution in [3.63, 3.8) is 0 Å². The van der Waals surface area contributed by atoms with E-state index in [9.17, 15) is 19.5 Å². The van der Waals surface area contributed by atoms with E-state index in [0.717, 1.165) is 77.0 Å².